The van der Waals surface area contributed by atoms with Gasteiger partial charge in [0.1, 0.15) is 0 Å². The van der Waals surface area contributed by atoms with Crippen LogP contribution in [0.15, 0.2) is 12.8 Å². The fourth-order valence-electron chi connectivity index (χ4n) is 0.270. The second kappa shape index (κ2) is 12.2. The van der Waals surface area contributed by atoms with Crippen LogP contribution in [0.2, 0.25) is 0 Å². The quantitative estimate of drug-likeness (QED) is 0.495. The first-order valence-corrected chi connectivity index (χ1v) is 3.61. The van der Waals surface area contributed by atoms with Gasteiger partial charge in [-0.15, -0.1) is 0 Å². The van der Waals surface area contributed by atoms with Crippen molar-refractivity contribution in [2.24, 2.45) is 0 Å². The molecule has 0 aromatic heterocycles. The molecule has 0 radical (unpaired) electrons. The maximum atomic E-state index is 9.52. The summed E-state index contributed by atoms with van der Waals surface area (Å²) in [5.41, 5.74) is -0.856. The molecule has 0 amide bonds. The second-order valence-electron chi connectivity index (χ2n) is 1.30. The summed E-state index contributed by atoms with van der Waals surface area (Å²) in [6.07, 6.45) is 0.968. The minimum absolute atomic E-state index is 0.844. The molecular weight excluding hydrogens is 168 g/mol. The number of hydrogen-bond donors (Lipinski definition) is 0. The largest absolute Gasteiger partial charge is 0.423 e. The molecule has 4 heteroatoms. The Hall–Kier alpha value is -0.540. The van der Waals surface area contributed by atoms with Crippen LogP contribution >= 0.6 is 11.6 Å². The topological polar surface area (TPSA) is 35.5 Å². The van der Waals surface area contributed by atoms with Gasteiger partial charge >= 0.3 is 5.43 Å². The lowest BCUT2D eigenvalue weighted by molar-refractivity contribution is 0.162. The van der Waals surface area contributed by atoms with Crippen LogP contribution in [-0.2, 0) is 9.47 Å². The summed E-state index contributed by atoms with van der Waals surface area (Å²) in [6.45, 7) is 8.74. The lowest BCUT2D eigenvalue weighted by atomic mass is 10.8. The molecule has 66 valence electrons. The smallest absolute Gasteiger partial charge is 0.408 e. The molecule has 0 rings (SSSR count). The van der Waals surface area contributed by atoms with Gasteiger partial charge in [-0.2, -0.15) is 0 Å². The average molecular weight is 181 g/mol. The Morgan fingerprint density at radius 2 is 2.00 bits per heavy atom. The van der Waals surface area contributed by atoms with Gasteiger partial charge in [-0.25, -0.2) is 4.79 Å². The van der Waals surface area contributed by atoms with Gasteiger partial charge in [-0.1, -0.05) is 6.58 Å². The Balaban J connectivity index is 0. The van der Waals surface area contributed by atoms with Crippen LogP contribution < -0.4 is 0 Å². The minimum Gasteiger partial charge on any atom is -0.423 e. The van der Waals surface area contributed by atoms with E-state index < -0.39 is 5.43 Å². The zero-order chi connectivity index (χ0) is 9.11. The summed E-state index contributed by atoms with van der Waals surface area (Å²) in [6, 6.07) is 0. The zero-order valence-electron chi connectivity index (χ0n) is 6.80. The molecule has 0 spiro atoms. The molecule has 0 fully saturated rings. The van der Waals surface area contributed by atoms with Gasteiger partial charge in [0.2, 0.25) is 0 Å². The minimum atomic E-state index is -0.856. The van der Waals surface area contributed by atoms with Crippen molar-refractivity contribution in [3.8, 4) is 0 Å². The molecule has 0 aromatic carbocycles. The van der Waals surface area contributed by atoms with Crippen LogP contribution in [0.5, 0.6) is 0 Å². The van der Waals surface area contributed by atoms with Crippen molar-refractivity contribution in [2.45, 2.75) is 13.8 Å². The molecule has 0 aliphatic heterocycles. The number of hydrogen-bond acceptors (Lipinski definition) is 3. The van der Waals surface area contributed by atoms with Crippen molar-refractivity contribution >= 4 is 17.0 Å². The molecule has 0 heterocycles. The van der Waals surface area contributed by atoms with Crippen LogP contribution in [-0.4, -0.2) is 18.6 Å². The molecule has 0 aliphatic carbocycles. The standard InChI is InChI=1S/C4H10O.C3H3ClO2/c1-3-5-4-2;1-2-6-3(4)5/h3-4H2,1-2H3;2H,1H2. The van der Waals surface area contributed by atoms with Gasteiger partial charge < -0.3 is 9.47 Å². The van der Waals surface area contributed by atoms with Gasteiger partial charge in [-0.3, -0.25) is 0 Å². The molecule has 0 N–H and O–H groups in total. The number of ether oxygens (including phenoxy) is 2. The van der Waals surface area contributed by atoms with Gasteiger partial charge in [0.15, 0.2) is 0 Å². The third-order valence-electron chi connectivity index (χ3n) is 0.584. The predicted molar refractivity (Wildman–Crippen MR) is 44.7 cm³/mol. The Labute approximate surface area is 71.9 Å². The third-order valence-corrected chi connectivity index (χ3v) is 0.673. The van der Waals surface area contributed by atoms with E-state index >= 15 is 0 Å². The SMILES string of the molecule is C=COC(=O)Cl.CCOCC. The highest BCUT2D eigenvalue weighted by Crippen LogP contribution is 1.83. The van der Waals surface area contributed by atoms with Gasteiger partial charge in [-0.05, 0) is 13.8 Å². The molecule has 0 atom stereocenters. The van der Waals surface area contributed by atoms with Gasteiger partial charge in [0.25, 0.3) is 0 Å². The molecule has 3 nitrogen and oxygen atoms in total. The van der Waals surface area contributed by atoms with Crippen molar-refractivity contribution in [2.75, 3.05) is 13.2 Å². The lowest BCUT2D eigenvalue weighted by Crippen LogP contribution is -1.84. The van der Waals surface area contributed by atoms with Crippen molar-refractivity contribution in [3.63, 3.8) is 0 Å². The van der Waals surface area contributed by atoms with Crippen molar-refractivity contribution in [1.82, 2.24) is 0 Å². The normalized spacial score (nSPS) is 7.55. The van der Waals surface area contributed by atoms with Crippen molar-refractivity contribution < 1.29 is 14.3 Å². The maximum absolute atomic E-state index is 9.52. The Kier molecular flexibility index (Phi) is 14.5. The highest BCUT2D eigenvalue weighted by molar-refractivity contribution is 6.61. The summed E-state index contributed by atoms with van der Waals surface area (Å²) in [5.74, 6) is 0. The van der Waals surface area contributed by atoms with Crippen LogP contribution in [0, 0.1) is 0 Å². The van der Waals surface area contributed by atoms with E-state index in [1.165, 1.54) is 0 Å². The molecule has 0 saturated carbocycles. The first-order chi connectivity index (χ1) is 5.18. The van der Waals surface area contributed by atoms with Gasteiger partial charge in [0, 0.05) is 24.8 Å². The summed E-state index contributed by atoms with van der Waals surface area (Å²) in [7, 11) is 0. The summed E-state index contributed by atoms with van der Waals surface area (Å²) in [5, 5.41) is 0. The van der Waals surface area contributed by atoms with E-state index in [0.29, 0.717) is 0 Å². The van der Waals surface area contributed by atoms with E-state index in [1.54, 1.807) is 0 Å². The van der Waals surface area contributed by atoms with Crippen LogP contribution in [0.25, 0.3) is 0 Å². The number of rotatable bonds is 3. The first-order valence-electron chi connectivity index (χ1n) is 3.23. The molecular formula is C7H13ClO3. The fraction of sp³-hybridized carbons (Fsp3) is 0.571. The lowest BCUT2D eigenvalue weighted by Gasteiger charge is -1.86. The van der Waals surface area contributed by atoms with E-state index in [4.69, 9.17) is 4.74 Å². The average Bonchev–Trinajstić information content (AvgIpc) is 1.90. The molecule has 0 saturated heterocycles. The van der Waals surface area contributed by atoms with E-state index in [-0.39, 0.29) is 0 Å². The molecule has 0 bridgehead atoms. The van der Waals surface area contributed by atoms with E-state index in [0.717, 1.165) is 19.5 Å². The second-order valence-corrected chi connectivity index (χ2v) is 1.61. The highest BCUT2D eigenvalue weighted by Gasteiger charge is 1.83. The number of carbonyl (C=O) groups is 1. The molecule has 0 unspecified atom stereocenters. The Bertz CT molecular complexity index is 102. The highest BCUT2D eigenvalue weighted by atomic mass is 35.5. The summed E-state index contributed by atoms with van der Waals surface area (Å²) < 4.78 is 8.77. The van der Waals surface area contributed by atoms with Crippen LogP contribution in [0.3, 0.4) is 0 Å². The fourth-order valence-corrected chi connectivity index (χ4v) is 0.333. The summed E-state index contributed by atoms with van der Waals surface area (Å²) >= 11 is 4.65. The molecule has 0 aromatic rings. The number of carbonyl (C=O) groups excluding carboxylic acids is 1. The third kappa shape index (κ3) is 26.5. The van der Waals surface area contributed by atoms with Gasteiger partial charge in [0.05, 0.1) is 6.26 Å². The monoisotopic (exact) mass is 180 g/mol. The van der Waals surface area contributed by atoms with Crippen LogP contribution in [0.4, 0.5) is 4.79 Å². The van der Waals surface area contributed by atoms with Crippen molar-refractivity contribution in [3.05, 3.63) is 12.8 Å². The first kappa shape index (κ1) is 13.1. The van der Waals surface area contributed by atoms with E-state index in [9.17, 15) is 4.79 Å². The molecule has 11 heavy (non-hydrogen) atoms. The predicted octanol–water partition coefficient (Wildman–Crippen LogP) is 2.55. The van der Waals surface area contributed by atoms with E-state index in [2.05, 4.69) is 22.9 Å². The maximum Gasteiger partial charge on any atom is 0.408 e. The van der Waals surface area contributed by atoms with Crippen molar-refractivity contribution in [1.29, 1.82) is 0 Å². The Morgan fingerprint density at radius 3 is 2.00 bits per heavy atom. The number of halogens is 1. The van der Waals surface area contributed by atoms with Crippen LogP contribution in [0.1, 0.15) is 13.8 Å². The Morgan fingerprint density at radius 1 is 1.55 bits per heavy atom. The van der Waals surface area contributed by atoms with E-state index in [1.807, 2.05) is 13.8 Å². The molecule has 0 aliphatic rings. The summed E-state index contributed by atoms with van der Waals surface area (Å²) in [4.78, 5) is 9.52. The zero-order valence-corrected chi connectivity index (χ0v) is 7.56.